The second kappa shape index (κ2) is 11.2. The highest BCUT2D eigenvalue weighted by atomic mass is 16.6. The first-order chi connectivity index (χ1) is 18.7. The largest absolute Gasteiger partial charge is 0.477 e. The molecule has 0 fully saturated rings. The van der Waals surface area contributed by atoms with E-state index in [9.17, 15) is 34.4 Å². The van der Waals surface area contributed by atoms with Gasteiger partial charge in [0, 0.05) is 18.0 Å². The molecule has 0 saturated heterocycles. The Morgan fingerprint density at radius 2 is 1.97 bits per heavy atom. The van der Waals surface area contributed by atoms with Gasteiger partial charge in [0.15, 0.2) is 5.71 Å². The molecule has 39 heavy (non-hydrogen) atoms. The van der Waals surface area contributed by atoms with Crippen LogP contribution in [0.2, 0.25) is 0 Å². The number of carboxylic acid groups (broad SMARTS) is 1. The Kier molecular flexibility index (Phi) is 7.60. The highest BCUT2D eigenvalue weighted by Gasteiger charge is 2.30. The number of hydrogen-bond donors (Lipinski definition) is 3. The Morgan fingerprint density at radius 3 is 2.62 bits per heavy atom. The highest BCUT2D eigenvalue weighted by Crippen LogP contribution is 2.38. The van der Waals surface area contributed by atoms with Crippen LogP contribution in [0, 0.1) is 10.1 Å². The molecule has 3 aromatic rings. The fourth-order valence-corrected chi connectivity index (χ4v) is 3.61. The summed E-state index contributed by atoms with van der Waals surface area (Å²) < 4.78 is 11.3. The number of aldehydes is 1. The van der Waals surface area contributed by atoms with Crippen molar-refractivity contribution >= 4 is 52.8 Å². The smallest absolute Gasteiger partial charge is 0.412 e. The van der Waals surface area contributed by atoms with Gasteiger partial charge in [0.25, 0.3) is 5.69 Å². The van der Waals surface area contributed by atoms with Gasteiger partial charge >= 0.3 is 18.0 Å². The van der Waals surface area contributed by atoms with Gasteiger partial charge in [-0.2, -0.15) is 0 Å². The number of carbonyl (C=O) groups is 4. The van der Waals surface area contributed by atoms with E-state index in [1.807, 2.05) is 0 Å². The lowest BCUT2D eigenvalue weighted by atomic mass is 10.1. The standard InChI is InChI=1S/C24H20N6O9/c1-2-38-23(34)13-3-5-14(6-4-13)26-24(35)39-11-15-9-29(12-25-15)19-7-17-16(8-20(19)30(36)37)27-18(10-31)21(28-17)22(32)33/h3-10,12,18,27H,2,11H2,1H3,(H,26,35)(H,32,33). The third-order valence-electron chi connectivity index (χ3n) is 5.40. The lowest BCUT2D eigenvalue weighted by Crippen LogP contribution is -2.38. The van der Waals surface area contributed by atoms with Gasteiger partial charge in [-0.1, -0.05) is 0 Å². The molecule has 15 nitrogen and oxygen atoms in total. The summed E-state index contributed by atoms with van der Waals surface area (Å²) in [5.41, 5.74) is 0.324. The van der Waals surface area contributed by atoms with Crippen LogP contribution in [0.5, 0.6) is 0 Å². The van der Waals surface area contributed by atoms with Crippen molar-refractivity contribution in [2.45, 2.75) is 19.6 Å². The zero-order chi connectivity index (χ0) is 28.1. The van der Waals surface area contributed by atoms with Crippen molar-refractivity contribution in [2.75, 3.05) is 17.2 Å². The van der Waals surface area contributed by atoms with E-state index < -0.39 is 34.7 Å². The van der Waals surface area contributed by atoms with Crippen molar-refractivity contribution in [2.24, 2.45) is 4.99 Å². The third kappa shape index (κ3) is 5.87. The van der Waals surface area contributed by atoms with Crippen molar-refractivity contribution in [3.63, 3.8) is 0 Å². The number of aliphatic imine (C=N–C) groups is 1. The summed E-state index contributed by atoms with van der Waals surface area (Å²) in [6, 6.07) is 7.13. The summed E-state index contributed by atoms with van der Waals surface area (Å²) in [7, 11) is 0. The summed E-state index contributed by atoms with van der Waals surface area (Å²) in [5, 5.41) is 26.2. The van der Waals surface area contributed by atoms with Crippen LogP contribution in [-0.4, -0.2) is 62.3 Å². The maximum Gasteiger partial charge on any atom is 0.412 e. The van der Waals surface area contributed by atoms with Gasteiger partial charge in [0.1, 0.15) is 24.6 Å². The van der Waals surface area contributed by atoms with Crippen LogP contribution in [0.3, 0.4) is 0 Å². The molecular formula is C24H20N6O9. The molecule has 200 valence electrons. The minimum Gasteiger partial charge on any atom is -0.477 e. The number of ether oxygens (including phenoxy) is 2. The van der Waals surface area contributed by atoms with Gasteiger partial charge in [-0.05, 0) is 37.3 Å². The monoisotopic (exact) mass is 536 g/mol. The number of benzene rings is 2. The van der Waals surface area contributed by atoms with Crippen molar-refractivity contribution < 1.29 is 38.7 Å². The molecule has 0 radical (unpaired) electrons. The number of rotatable bonds is 9. The second-order valence-corrected chi connectivity index (χ2v) is 7.95. The fourth-order valence-electron chi connectivity index (χ4n) is 3.61. The van der Waals surface area contributed by atoms with Gasteiger partial charge in [-0.25, -0.2) is 24.4 Å². The Hall–Kier alpha value is -5.60. The van der Waals surface area contributed by atoms with Gasteiger partial charge in [0.2, 0.25) is 0 Å². The average Bonchev–Trinajstić information content (AvgIpc) is 3.39. The molecule has 2 heterocycles. The Balaban J connectivity index is 1.47. The molecule has 0 saturated carbocycles. The minimum atomic E-state index is -1.42. The molecule has 0 bridgehead atoms. The van der Waals surface area contributed by atoms with E-state index >= 15 is 0 Å². The van der Waals surface area contributed by atoms with Gasteiger partial charge in [0.05, 0.1) is 40.5 Å². The number of imidazole rings is 1. The zero-order valence-corrected chi connectivity index (χ0v) is 20.2. The van der Waals surface area contributed by atoms with Crippen LogP contribution in [-0.2, 0) is 25.7 Å². The number of fused-ring (bicyclic) bond motifs is 1. The maximum atomic E-state index is 12.2. The average molecular weight is 536 g/mol. The number of nitro benzene ring substituents is 1. The Bertz CT molecular complexity index is 1500. The number of esters is 1. The normalized spacial score (nSPS) is 13.8. The van der Waals surface area contributed by atoms with Crippen molar-refractivity contribution in [1.29, 1.82) is 0 Å². The fraction of sp³-hybridized carbons (Fsp3) is 0.167. The summed E-state index contributed by atoms with van der Waals surface area (Å²) in [6.07, 6.45) is 2.18. The van der Waals surface area contributed by atoms with E-state index in [1.165, 1.54) is 47.4 Å². The van der Waals surface area contributed by atoms with E-state index in [-0.39, 0.29) is 41.7 Å². The van der Waals surface area contributed by atoms with Crippen LogP contribution in [0.4, 0.5) is 27.5 Å². The molecule has 0 spiro atoms. The number of aliphatic carboxylic acids is 1. The zero-order valence-electron chi connectivity index (χ0n) is 20.2. The maximum absolute atomic E-state index is 12.2. The SMILES string of the molecule is CCOC(=O)c1ccc(NC(=O)OCc2cn(-c3cc4c(cc3[N+](=O)[O-])NC(C=O)C(C(=O)O)=N4)cn2)cc1. The predicted octanol–water partition coefficient (Wildman–Crippen LogP) is 2.86. The first-order valence-corrected chi connectivity index (χ1v) is 11.3. The van der Waals surface area contributed by atoms with Gasteiger partial charge in [-0.15, -0.1) is 0 Å². The van der Waals surface area contributed by atoms with E-state index in [2.05, 4.69) is 20.6 Å². The topological polar surface area (TPSA) is 204 Å². The molecule has 1 aliphatic heterocycles. The van der Waals surface area contributed by atoms with E-state index in [1.54, 1.807) is 6.92 Å². The van der Waals surface area contributed by atoms with Gasteiger partial charge < -0.3 is 24.7 Å². The lowest BCUT2D eigenvalue weighted by molar-refractivity contribution is -0.384. The Morgan fingerprint density at radius 1 is 1.23 bits per heavy atom. The summed E-state index contributed by atoms with van der Waals surface area (Å²) in [5.74, 6) is -1.91. The van der Waals surface area contributed by atoms with Crippen molar-refractivity contribution in [3.8, 4) is 5.69 Å². The lowest BCUT2D eigenvalue weighted by Gasteiger charge is -2.21. The van der Waals surface area contributed by atoms with Crippen molar-refractivity contribution in [3.05, 3.63) is 70.3 Å². The second-order valence-electron chi connectivity index (χ2n) is 7.95. The number of amides is 1. The van der Waals surface area contributed by atoms with Crippen LogP contribution >= 0.6 is 0 Å². The molecular weight excluding hydrogens is 516 g/mol. The van der Waals surface area contributed by atoms with Crippen LogP contribution in [0.1, 0.15) is 23.0 Å². The molecule has 1 aromatic heterocycles. The highest BCUT2D eigenvalue weighted by molar-refractivity contribution is 6.42. The van der Waals surface area contributed by atoms with Crippen LogP contribution < -0.4 is 10.6 Å². The van der Waals surface area contributed by atoms with E-state index in [0.717, 1.165) is 6.07 Å². The summed E-state index contributed by atoms with van der Waals surface area (Å²) >= 11 is 0. The molecule has 0 aliphatic carbocycles. The number of nitro groups is 1. The Labute approximate surface area is 219 Å². The number of nitrogens with one attached hydrogen (secondary N) is 2. The first-order valence-electron chi connectivity index (χ1n) is 11.3. The molecule has 1 aliphatic rings. The number of carbonyl (C=O) groups excluding carboxylic acids is 3. The molecule has 1 amide bonds. The summed E-state index contributed by atoms with van der Waals surface area (Å²) in [4.78, 5) is 65.8. The number of carboxylic acids is 1. The number of hydrogen-bond acceptors (Lipinski definition) is 11. The van der Waals surface area contributed by atoms with Crippen LogP contribution in [0.15, 0.2) is 53.9 Å². The van der Waals surface area contributed by atoms with Crippen LogP contribution in [0.25, 0.3) is 5.69 Å². The molecule has 15 heteroatoms. The van der Waals surface area contributed by atoms with E-state index in [4.69, 9.17) is 9.47 Å². The predicted molar refractivity (Wildman–Crippen MR) is 135 cm³/mol. The van der Waals surface area contributed by atoms with Crippen molar-refractivity contribution in [1.82, 2.24) is 9.55 Å². The van der Waals surface area contributed by atoms with Gasteiger partial charge in [-0.3, -0.25) is 20.0 Å². The molecule has 4 rings (SSSR count). The molecule has 1 unspecified atom stereocenters. The van der Waals surface area contributed by atoms with E-state index in [0.29, 0.717) is 17.5 Å². The number of nitrogens with zero attached hydrogens (tertiary/aromatic N) is 4. The molecule has 2 aromatic carbocycles. The minimum absolute atomic E-state index is 0.0171. The third-order valence-corrected chi connectivity index (χ3v) is 5.40. The summed E-state index contributed by atoms with van der Waals surface area (Å²) in [6.45, 7) is 1.65. The quantitative estimate of drug-likeness (QED) is 0.157. The number of anilines is 2. The molecule has 1 atom stereocenters. The molecule has 3 N–H and O–H groups in total. The number of aromatic nitrogens is 2. The first kappa shape index (κ1) is 26.5.